The normalized spacial score (nSPS) is 11.8. The summed E-state index contributed by atoms with van der Waals surface area (Å²) in [5.41, 5.74) is 1.94. The standard InChI is InChI=1S/C20H20N4O2/c1-3-23(17-7-5-4-6-8-17)20(26)15(2)24-19(25)10-9-18(22-24)16-11-13-21-14-12-16/h4-15H,3H2,1-2H3. The molecule has 3 rings (SSSR count). The molecule has 0 N–H and O–H groups in total. The maximum atomic E-state index is 13.0. The van der Waals surface area contributed by atoms with E-state index in [1.165, 1.54) is 10.7 Å². The van der Waals surface area contributed by atoms with Gasteiger partial charge in [-0.2, -0.15) is 5.10 Å². The smallest absolute Gasteiger partial charge is 0.267 e. The molecule has 2 aromatic heterocycles. The first-order valence-electron chi connectivity index (χ1n) is 8.48. The summed E-state index contributed by atoms with van der Waals surface area (Å²) in [6, 6.07) is 15.4. The Balaban J connectivity index is 1.95. The van der Waals surface area contributed by atoms with E-state index in [0.29, 0.717) is 12.2 Å². The number of likely N-dealkylation sites (N-methyl/N-ethyl adjacent to an activating group) is 1. The van der Waals surface area contributed by atoms with Gasteiger partial charge in [0.1, 0.15) is 6.04 Å². The van der Waals surface area contributed by atoms with Crippen LogP contribution in [0.1, 0.15) is 19.9 Å². The predicted molar refractivity (Wildman–Crippen MR) is 101 cm³/mol. The molecule has 0 saturated carbocycles. The topological polar surface area (TPSA) is 68.1 Å². The fourth-order valence-corrected chi connectivity index (χ4v) is 2.78. The summed E-state index contributed by atoms with van der Waals surface area (Å²) in [5.74, 6) is -0.180. The Hall–Kier alpha value is -3.28. The average Bonchev–Trinajstić information content (AvgIpc) is 2.70. The molecule has 0 aliphatic heterocycles. The van der Waals surface area contributed by atoms with Crippen LogP contribution in [-0.4, -0.2) is 27.2 Å². The minimum absolute atomic E-state index is 0.180. The Morgan fingerprint density at radius 3 is 2.42 bits per heavy atom. The number of anilines is 1. The summed E-state index contributed by atoms with van der Waals surface area (Å²) in [5, 5.41) is 4.40. The van der Waals surface area contributed by atoms with Gasteiger partial charge in [-0.25, -0.2) is 4.68 Å². The number of amides is 1. The second kappa shape index (κ2) is 7.74. The van der Waals surface area contributed by atoms with E-state index in [0.717, 1.165) is 11.3 Å². The van der Waals surface area contributed by atoms with Gasteiger partial charge >= 0.3 is 0 Å². The summed E-state index contributed by atoms with van der Waals surface area (Å²) < 4.78 is 1.24. The molecule has 0 spiro atoms. The van der Waals surface area contributed by atoms with Gasteiger partial charge in [0, 0.05) is 36.3 Å². The first kappa shape index (κ1) is 17.5. The van der Waals surface area contributed by atoms with Crippen LogP contribution in [0.25, 0.3) is 11.3 Å². The molecule has 2 heterocycles. The van der Waals surface area contributed by atoms with Crippen molar-refractivity contribution in [1.82, 2.24) is 14.8 Å². The van der Waals surface area contributed by atoms with Gasteiger partial charge in [0.15, 0.2) is 0 Å². The highest BCUT2D eigenvalue weighted by atomic mass is 16.2. The predicted octanol–water partition coefficient (Wildman–Crippen LogP) is 2.92. The number of carbonyl (C=O) groups is 1. The van der Waals surface area contributed by atoms with Gasteiger partial charge in [-0.15, -0.1) is 0 Å². The minimum Gasteiger partial charge on any atom is -0.311 e. The number of para-hydroxylation sites is 1. The van der Waals surface area contributed by atoms with Crippen molar-refractivity contribution in [1.29, 1.82) is 0 Å². The second-order valence-corrected chi connectivity index (χ2v) is 5.83. The molecule has 26 heavy (non-hydrogen) atoms. The summed E-state index contributed by atoms with van der Waals surface area (Å²) in [4.78, 5) is 30.9. The van der Waals surface area contributed by atoms with Gasteiger partial charge in [0.05, 0.1) is 5.69 Å². The Bertz CT molecular complexity index is 939. The van der Waals surface area contributed by atoms with Crippen molar-refractivity contribution in [3.8, 4) is 11.3 Å². The van der Waals surface area contributed by atoms with Crippen LogP contribution in [0.2, 0.25) is 0 Å². The van der Waals surface area contributed by atoms with E-state index >= 15 is 0 Å². The summed E-state index contributed by atoms with van der Waals surface area (Å²) in [6.07, 6.45) is 3.32. The van der Waals surface area contributed by atoms with E-state index in [4.69, 9.17) is 0 Å². The van der Waals surface area contributed by atoms with E-state index in [9.17, 15) is 9.59 Å². The highest BCUT2D eigenvalue weighted by molar-refractivity contribution is 5.95. The van der Waals surface area contributed by atoms with Crippen molar-refractivity contribution < 1.29 is 4.79 Å². The molecule has 0 aliphatic rings. The average molecular weight is 348 g/mol. The summed E-state index contributed by atoms with van der Waals surface area (Å²) in [6.45, 7) is 4.10. The highest BCUT2D eigenvalue weighted by Gasteiger charge is 2.24. The molecule has 132 valence electrons. The summed E-state index contributed by atoms with van der Waals surface area (Å²) in [7, 11) is 0. The molecule has 1 amide bonds. The fourth-order valence-electron chi connectivity index (χ4n) is 2.78. The number of carbonyl (C=O) groups excluding carboxylic acids is 1. The Morgan fingerprint density at radius 1 is 1.08 bits per heavy atom. The quantitative estimate of drug-likeness (QED) is 0.711. The van der Waals surface area contributed by atoms with Crippen LogP contribution in [0.4, 0.5) is 5.69 Å². The van der Waals surface area contributed by atoms with E-state index in [1.54, 1.807) is 30.3 Å². The van der Waals surface area contributed by atoms with E-state index in [1.807, 2.05) is 49.4 Å². The van der Waals surface area contributed by atoms with Gasteiger partial charge in [-0.1, -0.05) is 18.2 Å². The molecule has 1 aromatic carbocycles. The Morgan fingerprint density at radius 2 is 1.77 bits per heavy atom. The molecular weight excluding hydrogens is 328 g/mol. The largest absolute Gasteiger partial charge is 0.311 e. The molecule has 1 atom stereocenters. The van der Waals surface area contributed by atoms with Crippen LogP contribution in [0.3, 0.4) is 0 Å². The molecular formula is C20H20N4O2. The molecule has 3 aromatic rings. The number of hydrogen-bond donors (Lipinski definition) is 0. The van der Waals surface area contributed by atoms with Gasteiger partial charge < -0.3 is 4.90 Å². The van der Waals surface area contributed by atoms with E-state index in [2.05, 4.69) is 10.1 Å². The van der Waals surface area contributed by atoms with Gasteiger partial charge in [0.25, 0.3) is 11.5 Å². The molecule has 0 bridgehead atoms. The maximum absolute atomic E-state index is 13.0. The molecule has 6 heteroatoms. The third kappa shape index (κ3) is 3.54. The van der Waals surface area contributed by atoms with Gasteiger partial charge in [0.2, 0.25) is 0 Å². The molecule has 0 saturated heterocycles. The number of aromatic nitrogens is 3. The van der Waals surface area contributed by atoms with Crippen LogP contribution >= 0.6 is 0 Å². The Labute approximate surface area is 151 Å². The first-order valence-corrected chi connectivity index (χ1v) is 8.48. The van der Waals surface area contributed by atoms with Crippen LogP contribution < -0.4 is 10.5 Å². The number of hydrogen-bond acceptors (Lipinski definition) is 4. The highest BCUT2D eigenvalue weighted by Crippen LogP contribution is 2.19. The van der Waals surface area contributed by atoms with Gasteiger partial charge in [-0.3, -0.25) is 14.6 Å². The molecule has 6 nitrogen and oxygen atoms in total. The number of rotatable bonds is 5. The lowest BCUT2D eigenvalue weighted by Crippen LogP contribution is -2.40. The first-order chi connectivity index (χ1) is 12.6. The SMILES string of the molecule is CCN(C(=O)C(C)n1nc(-c2ccncc2)ccc1=O)c1ccccc1. The third-order valence-electron chi connectivity index (χ3n) is 4.18. The van der Waals surface area contributed by atoms with Crippen molar-refractivity contribution in [3.63, 3.8) is 0 Å². The lowest BCUT2D eigenvalue weighted by atomic mass is 10.2. The second-order valence-electron chi connectivity index (χ2n) is 5.83. The number of pyridine rings is 1. The molecule has 0 aliphatic carbocycles. The number of benzene rings is 1. The maximum Gasteiger partial charge on any atom is 0.267 e. The zero-order chi connectivity index (χ0) is 18.5. The minimum atomic E-state index is -0.718. The van der Waals surface area contributed by atoms with E-state index in [-0.39, 0.29) is 11.5 Å². The van der Waals surface area contributed by atoms with Crippen molar-refractivity contribution in [2.24, 2.45) is 0 Å². The zero-order valence-corrected chi connectivity index (χ0v) is 14.7. The van der Waals surface area contributed by atoms with Crippen LogP contribution in [0.15, 0.2) is 71.8 Å². The molecule has 0 fully saturated rings. The Kier molecular flexibility index (Phi) is 5.22. The van der Waals surface area contributed by atoms with Crippen LogP contribution in [0.5, 0.6) is 0 Å². The van der Waals surface area contributed by atoms with Crippen LogP contribution in [-0.2, 0) is 4.79 Å². The molecule has 1 unspecified atom stereocenters. The van der Waals surface area contributed by atoms with Crippen molar-refractivity contribution >= 4 is 11.6 Å². The van der Waals surface area contributed by atoms with Crippen molar-refractivity contribution in [2.75, 3.05) is 11.4 Å². The van der Waals surface area contributed by atoms with Crippen molar-refractivity contribution in [3.05, 3.63) is 77.3 Å². The monoisotopic (exact) mass is 348 g/mol. The van der Waals surface area contributed by atoms with Crippen LogP contribution in [0, 0.1) is 0 Å². The van der Waals surface area contributed by atoms with E-state index < -0.39 is 6.04 Å². The van der Waals surface area contributed by atoms with Crippen molar-refractivity contribution in [2.45, 2.75) is 19.9 Å². The fraction of sp³-hybridized carbons (Fsp3) is 0.200. The number of nitrogens with zero attached hydrogens (tertiary/aromatic N) is 4. The summed E-state index contributed by atoms with van der Waals surface area (Å²) >= 11 is 0. The lowest BCUT2D eigenvalue weighted by molar-refractivity contribution is -0.121. The zero-order valence-electron chi connectivity index (χ0n) is 14.7. The lowest BCUT2D eigenvalue weighted by Gasteiger charge is -2.25. The molecule has 0 radical (unpaired) electrons. The van der Waals surface area contributed by atoms with Gasteiger partial charge in [-0.05, 0) is 44.2 Å². The third-order valence-corrected chi connectivity index (χ3v) is 4.18.